The zero-order valence-corrected chi connectivity index (χ0v) is 9.46. The zero-order valence-electron chi connectivity index (χ0n) is 9.46. The van der Waals surface area contributed by atoms with Crippen molar-refractivity contribution < 1.29 is 4.74 Å². The van der Waals surface area contributed by atoms with Crippen LogP contribution in [-0.4, -0.2) is 25.8 Å². The maximum Gasteiger partial charge on any atom is 0.0590 e. The van der Waals surface area contributed by atoms with E-state index in [0.29, 0.717) is 12.1 Å². The van der Waals surface area contributed by atoms with Gasteiger partial charge in [0.2, 0.25) is 0 Å². The maximum absolute atomic E-state index is 5.64. The van der Waals surface area contributed by atoms with Gasteiger partial charge in [0.25, 0.3) is 0 Å². The number of ether oxygens (including phenoxy) is 1. The average molecular weight is 197 g/mol. The fourth-order valence-corrected chi connectivity index (χ4v) is 2.87. The van der Waals surface area contributed by atoms with Gasteiger partial charge < -0.3 is 10.1 Å². The standard InChI is InChI=1S/C12H23NO/c1-9-11(6-7-14-9)12(13-2)8-10-4-3-5-10/h9-13H,3-8H2,1-2H3. The summed E-state index contributed by atoms with van der Waals surface area (Å²) in [5.41, 5.74) is 0. The van der Waals surface area contributed by atoms with Gasteiger partial charge in [-0.15, -0.1) is 0 Å². The number of hydrogen-bond acceptors (Lipinski definition) is 2. The molecule has 0 bridgehead atoms. The molecule has 3 unspecified atom stereocenters. The molecule has 2 aliphatic rings. The Morgan fingerprint density at radius 1 is 1.36 bits per heavy atom. The van der Waals surface area contributed by atoms with E-state index in [1.54, 1.807) is 0 Å². The lowest BCUT2D eigenvalue weighted by Crippen LogP contribution is -2.39. The Balaban J connectivity index is 1.84. The Morgan fingerprint density at radius 3 is 2.57 bits per heavy atom. The van der Waals surface area contributed by atoms with Crippen LogP contribution in [0.15, 0.2) is 0 Å². The summed E-state index contributed by atoms with van der Waals surface area (Å²) in [6.07, 6.45) is 7.46. The number of hydrogen-bond donors (Lipinski definition) is 1. The molecular weight excluding hydrogens is 174 g/mol. The van der Waals surface area contributed by atoms with E-state index in [4.69, 9.17) is 4.74 Å². The largest absolute Gasteiger partial charge is 0.378 e. The second-order valence-electron chi connectivity index (χ2n) is 4.96. The van der Waals surface area contributed by atoms with E-state index in [0.717, 1.165) is 18.4 Å². The van der Waals surface area contributed by atoms with Crippen molar-refractivity contribution in [3.63, 3.8) is 0 Å². The van der Waals surface area contributed by atoms with E-state index >= 15 is 0 Å². The molecular formula is C12H23NO. The molecule has 2 nitrogen and oxygen atoms in total. The summed E-state index contributed by atoms with van der Waals surface area (Å²) in [6.45, 7) is 3.19. The molecule has 1 saturated heterocycles. The Kier molecular flexibility index (Phi) is 3.45. The van der Waals surface area contributed by atoms with Crippen LogP contribution in [0, 0.1) is 11.8 Å². The molecule has 1 aliphatic heterocycles. The maximum atomic E-state index is 5.64. The third kappa shape index (κ3) is 2.12. The van der Waals surface area contributed by atoms with Crippen molar-refractivity contribution in [2.24, 2.45) is 11.8 Å². The minimum Gasteiger partial charge on any atom is -0.378 e. The topological polar surface area (TPSA) is 21.3 Å². The molecule has 0 aromatic carbocycles. The van der Waals surface area contributed by atoms with Gasteiger partial charge in [0.15, 0.2) is 0 Å². The molecule has 0 spiro atoms. The van der Waals surface area contributed by atoms with Gasteiger partial charge in [-0.25, -0.2) is 0 Å². The normalized spacial score (nSPS) is 35.6. The van der Waals surface area contributed by atoms with E-state index in [1.165, 1.54) is 32.1 Å². The van der Waals surface area contributed by atoms with Crippen molar-refractivity contribution in [3.8, 4) is 0 Å². The van der Waals surface area contributed by atoms with Crippen molar-refractivity contribution in [1.82, 2.24) is 5.32 Å². The van der Waals surface area contributed by atoms with Crippen molar-refractivity contribution in [2.75, 3.05) is 13.7 Å². The highest BCUT2D eigenvalue weighted by Crippen LogP contribution is 2.34. The van der Waals surface area contributed by atoms with Gasteiger partial charge in [-0.05, 0) is 32.7 Å². The van der Waals surface area contributed by atoms with Crippen molar-refractivity contribution >= 4 is 0 Å². The fourth-order valence-electron chi connectivity index (χ4n) is 2.87. The molecule has 1 saturated carbocycles. The molecule has 1 heterocycles. The summed E-state index contributed by atoms with van der Waals surface area (Å²) in [7, 11) is 2.11. The summed E-state index contributed by atoms with van der Waals surface area (Å²) in [6, 6.07) is 0.692. The first-order chi connectivity index (χ1) is 6.81. The van der Waals surface area contributed by atoms with Gasteiger partial charge in [0.05, 0.1) is 6.10 Å². The van der Waals surface area contributed by atoms with Gasteiger partial charge >= 0.3 is 0 Å². The van der Waals surface area contributed by atoms with E-state index in [1.807, 2.05) is 0 Å². The van der Waals surface area contributed by atoms with Crippen LogP contribution in [-0.2, 0) is 4.74 Å². The quantitative estimate of drug-likeness (QED) is 0.746. The summed E-state index contributed by atoms with van der Waals surface area (Å²) in [5.74, 6) is 1.75. The lowest BCUT2D eigenvalue weighted by atomic mass is 9.77. The smallest absolute Gasteiger partial charge is 0.0590 e. The van der Waals surface area contributed by atoms with Crippen LogP contribution < -0.4 is 5.32 Å². The van der Waals surface area contributed by atoms with Gasteiger partial charge in [0.1, 0.15) is 0 Å². The minimum atomic E-state index is 0.465. The Morgan fingerprint density at radius 2 is 2.14 bits per heavy atom. The van der Waals surface area contributed by atoms with Crippen molar-refractivity contribution in [3.05, 3.63) is 0 Å². The molecule has 2 fully saturated rings. The van der Waals surface area contributed by atoms with Crippen LogP contribution in [0.3, 0.4) is 0 Å². The first-order valence-electron chi connectivity index (χ1n) is 6.10. The van der Waals surface area contributed by atoms with E-state index < -0.39 is 0 Å². The Hall–Kier alpha value is -0.0800. The highest BCUT2D eigenvalue weighted by Gasteiger charge is 2.33. The summed E-state index contributed by atoms with van der Waals surface area (Å²) < 4.78 is 5.64. The predicted molar refractivity (Wildman–Crippen MR) is 58.3 cm³/mol. The van der Waals surface area contributed by atoms with Crippen LogP contribution in [0.1, 0.15) is 39.0 Å². The molecule has 14 heavy (non-hydrogen) atoms. The van der Waals surface area contributed by atoms with E-state index in [2.05, 4.69) is 19.3 Å². The second kappa shape index (κ2) is 4.63. The first-order valence-corrected chi connectivity index (χ1v) is 6.10. The van der Waals surface area contributed by atoms with Crippen molar-refractivity contribution in [1.29, 1.82) is 0 Å². The summed E-state index contributed by atoms with van der Waals surface area (Å²) in [5, 5.41) is 3.49. The lowest BCUT2D eigenvalue weighted by Gasteiger charge is -2.33. The number of rotatable bonds is 4. The van der Waals surface area contributed by atoms with Crippen LogP contribution in [0.25, 0.3) is 0 Å². The predicted octanol–water partition coefficient (Wildman–Crippen LogP) is 2.19. The third-order valence-corrected chi connectivity index (χ3v) is 4.13. The SMILES string of the molecule is CNC(CC1CCC1)C1CCOC1C. The van der Waals surface area contributed by atoms with Gasteiger partial charge in [-0.3, -0.25) is 0 Å². The van der Waals surface area contributed by atoms with E-state index in [-0.39, 0.29) is 0 Å². The van der Waals surface area contributed by atoms with Crippen LogP contribution in [0.5, 0.6) is 0 Å². The molecule has 1 N–H and O–H groups in total. The van der Waals surface area contributed by atoms with Crippen LogP contribution in [0.2, 0.25) is 0 Å². The monoisotopic (exact) mass is 197 g/mol. The van der Waals surface area contributed by atoms with Crippen molar-refractivity contribution in [2.45, 2.75) is 51.2 Å². The molecule has 3 atom stereocenters. The zero-order chi connectivity index (χ0) is 9.97. The molecule has 82 valence electrons. The fraction of sp³-hybridized carbons (Fsp3) is 1.00. The lowest BCUT2D eigenvalue weighted by molar-refractivity contribution is 0.0899. The molecule has 1 aliphatic carbocycles. The molecule has 0 aromatic heterocycles. The number of nitrogens with one attached hydrogen (secondary N) is 1. The highest BCUT2D eigenvalue weighted by molar-refractivity contribution is 4.86. The second-order valence-corrected chi connectivity index (χ2v) is 4.96. The van der Waals surface area contributed by atoms with Gasteiger partial charge in [0, 0.05) is 18.6 Å². The third-order valence-electron chi connectivity index (χ3n) is 4.13. The molecule has 2 heteroatoms. The average Bonchev–Trinajstić information content (AvgIpc) is 2.51. The van der Waals surface area contributed by atoms with E-state index in [9.17, 15) is 0 Å². The summed E-state index contributed by atoms with van der Waals surface area (Å²) in [4.78, 5) is 0. The molecule has 0 aromatic rings. The van der Waals surface area contributed by atoms with Crippen LogP contribution in [0.4, 0.5) is 0 Å². The Bertz CT molecular complexity index is 179. The van der Waals surface area contributed by atoms with Crippen LogP contribution >= 0.6 is 0 Å². The molecule has 0 radical (unpaired) electrons. The summed E-state index contributed by atoms with van der Waals surface area (Å²) >= 11 is 0. The van der Waals surface area contributed by atoms with Gasteiger partial charge in [-0.1, -0.05) is 19.3 Å². The molecule has 2 rings (SSSR count). The first kappa shape index (κ1) is 10.4. The highest BCUT2D eigenvalue weighted by atomic mass is 16.5. The minimum absolute atomic E-state index is 0.465. The Labute approximate surface area is 87.4 Å². The molecule has 0 amide bonds. The van der Waals surface area contributed by atoms with Gasteiger partial charge in [-0.2, -0.15) is 0 Å².